The first-order valence-electron chi connectivity index (χ1n) is 6.12. The zero-order valence-corrected chi connectivity index (χ0v) is 11.5. The van der Waals surface area contributed by atoms with E-state index < -0.39 is 0 Å². The number of benzene rings is 1. The minimum Gasteiger partial charge on any atom is -0.220 e. The first-order chi connectivity index (χ1) is 8.24. The fraction of sp³-hybridized carbons (Fsp3) is 0.429. The minimum atomic E-state index is 0.689. The third-order valence-corrected chi connectivity index (χ3v) is 5.12. The summed E-state index contributed by atoms with van der Waals surface area (Å²) in [7, 11) is 0. The van der Waals surface area contributed by atoms with Gasteiger partial charge in [-0.25, -0.2) is 4.42 Å². The predicted molar refractivity (Wildman–Crippen MR) is 76.0 cm³/mol. The van der Waals surface area contributed by atoms with Crippen LogP contribution in [0, 0.1) is 6.92 Å². The number of hydrogen-bond acceptors (Lipinski definition) is 2. The van der Waals surface area contributed by atoms with Crippen LogP contribution in [0.5, 0.6) is 0 Å². The maximum Gasteiger partial charge on any atom is 0.0345 e. The summed E-state index contributed by atoms with van der Waals surface area (Å²) >= 11 is 7.85. The number of hydrogen-bond donors (Lipinski definition) is 0. The molecule has 1 saturated heterocycles. The fourth-order valence-corrected chi connectivity index (χ4v) is 3.73. The van der Waals surface area contributed by atoms with Gasteiger partial charge in [-0.2, -0.15) is 0 Å². The van der Waals surface area contributed by atoms with Crippen LogP contribution in [-0.2, 0) is 0 Å². The lowest BCUT2D eigenvalue weighted by Crippen LogP contribution is -2.25. The summed E-state index contributed by atoms with van der Waals surface area (Å²) in [5.74, 6) is 0.689. The number of rotatable bonds is 1. The van der Waals surface area contributed by atoms with E-state index in [1.165, 1.54) is 34.1 Å². The molecule has 0 atom stereocenters. The van der Waals surface area contributed by atoms with Crippen molar-refractivity contribution in [2.75, 3.05) is 13.1 Å². The van der Waals surface area contributed by atoms with Crippen molar-refractivity contribution >= 4 is 33.2 Å². The van der Waals surface area contributed by atoms with Crippen molar-refractivity contribution in [2.45, 2.75) is 25.7 Å². The molecule has 2 aromatic rings. The van der Waals surface area contributed by atoms with E-state index in [2.05, 4.69) is 30.5 Å². The second kappa shape index (κ2) is 4.60. The largest absolute Gasteiger partial charge is 0.220 e. The molecule has 2 heterocycles. The summed E-state index contributed by atoms with van der Waals surface area (Å²) in [5, 5.41) is 3.68. The normalized spacial score (nSPS) is 18.9. The van der Waals surface area contributed by atoms with E-state index in [1.807, 2.05) is 15.8 Å². The molecule has 0 bridgehead atoms. The van der Waals surface area contributed by atoms with Gasteiger partial charge in [0.05, 0.1) is 0 Å². The van der Waals surface area contributed by atoms with E-state index in [-0.39, 0.29) is 0 Å². The molecule has 1 aromatic carbocycles. The van der Waals surface area contributed by atoms with Crippen molar-refractivity contribution in [1.29, 1.82) is 0 Å². The zero-order valence-electron chi connectivity index (χ0n) is 9.95. The Balaban J connectivity index is 1.92. The lowest BCUT2D eigenvalue weighted by Gasteiger charge is -2.27. The van der Waals surface area contributed by atoms with Gasteiger partial charge in [-0.3, -0.25) is 0 Å². The number of thiophene rings is 1. The van der Waals surface area contributed by atoms with Crippen LogP contribution in [0.4, 0.5) is 0 Å². The van der Waals surface area contributed by atoms with Crippen molar-refractivity contribution in [1.82, 2.24) is 4.42 Å². The summed E-state index contributed by atoms with van der Waals surface area (Å²) < 4.78 is 3.31. The highest BCUT2D eigenvalue weighted by atomic mass is 35.5. The van der Waals surface area contributed by atoms with Crippen molar-refractivity contribution in [3.63, 3.8) is 0 Å². The van der Waals surface area contributed by atoms with Gasteiger partial charge in [-0.15, -0.1) is 11.3 Å². The number of fused-ring (bicyclic) bond motifs is 1. The van der Waals surface area contributed by atoms with Gasteiger partial charge >= 0.3 is 0 Å². The van der Waals surface area contributed by atoms with Crippen LogP contribution in [0.3, 0.4) is 0 Å². The molecule has 0 amide bonds. The molecule has 17 heavy (non-hydrogen) atoms. The van der Waals surface area contributed by atoms with Crippen molar-refractivity contribution in [3.05, 3.63) is 34.7 Å². The van der Waals surface area contributed by atoms with Crippen LogP contribution < -0.4 is 0 Å². The fourth-order valence-electron chi connectivity index (χ4n) is 2.61. The molecule has 1 aliphatic rings. The highest BCUT2D eigenvalue weighted by Crippen LogP contribution is 2.33. The first-order valence-corrected chi connectivity index (χ1v) is 7.34. The molecule has 3 heteroatoms. The van der Waals surface area contributed by atoms with E-state index >= 15 is 0 Å². The van der Waals surface area contributed by atoms with Gasteiger partial charge in [-0.1, -0.05) is 6.07 Å². The van der Waals surface area contributed by atoms with Gasteiger partial charge in [-0.05, 0) is 71.5 Å². The maximum atomic E-state index is 6.01. The van der Waals surface area contributed by atoms with Crippen LogP contribution >= 0.6 is 23.1 Å². The molecule has 90 valence electrons. The van der Waals surface area contributed by atoms with Crippen molar-refractivity contribution < 1.29 is 0 Å². The Bertz CT molecular complexity index is 526. The average Bonchev–Trinajstić information content (AvgIpc) is 2.72. The molecule has 0 unspecified atom stereocenters. The van der Waals surface area contributed by atoms with Crippen molar-refractivity contribution in [3.8, 4) is 0 Å². The van der Waals surface area contributed by atoms with Gasteiger partial charge in [0.25, 0.3) is 0 Å². The Kier molecular flexibility index (Phi) is 3.12. The highest BCUT2D eigenvalue weighted by molar-refractivity contribution is 7.17. The Labute approximate surface area is 111 Å². The number of piperidine rings is 1. The van der Waals surface area contributed by atoms with E-state index in [4.69, 9.17) is 11.8 Å². The first kappa shape index (κ1) is 11.5. The summed E-state index contributed by atoms with van der Waals surface area (Å²) in [5.41, 5.74) is 2.89. The van der Waals surface area contributed by atoms with Gasteiger partial charge in [0, 0.05) is 17.8 Å². The number of halogens is 1. The molecule has 0 spiro atoms. The van der Waals surface area contributed by atoms with E-state index in [0.29, 0.717) is 5.92 Å². The predicted octanol–water partition coefficient (Wildman–Crippen LogP) is 4.54. The molecule has 0 N–H and O–H groups in total. The number of aryl methyl sites for hydroxylation is 1. The Hall–Kier alpha value is -0.570. The van der Waals surface area contributed by atoms with E-state index in [0.717, 1.165) is 13.1 Å². The molecule has 0 radical (unpaired) electrons. The average molecular weight is 266 g/mol. The summed E-state index contributed by atoms with van der Waals surface area (Å²) in [6.07, 6.45) is 2.36. The van der Waals surface area contributed by atoms with Crippen LogP contribution in [0.2, 0.25) is 0 Å². The molecule has 1 nitrogen and oxygen atoms in total. The van der Waals surface area contributed by atoms with Gasteiger partial charge in [0.15, 0.2) is 0 Å². The Morgan fingerprint density at radius 3 is 2.82 bits per heavy atom. The SMILES string of the molecule is Cc1csc2ccc(C3CCN(Cl)CC3)cc12. The summed E-state index contributed by atoms with van der Waals surface area (Å²) in [6.45, 7) is 4.21. The van der Waals surface area contributed by atoms with Crippen LogP contribution in [0.15, 0.2) is 23.6 Å². The zero-order chi connectivity index (χ0) is 11.8. The topological polar surface area (TPSA) is 3.24 Å². The second-order valence-corrected chi connectivity index (χ2v) is 6.25. The second-order valence-electron chi connectivity index (χ2n) is 4.86. The third-order valence-electron chi connectivity index (χ3n) is 3.70. The Morgan fingerprint density at radius 2 is 2.06 bits per heavy atom. The van der Waals surface area contributed by atoms with Crippen LogP contribution in [-0.4, -0.2) is 17.5 Å². The van der Waals surface area contributed by atoms with E-state index in [1.54, 1.807) is 0 Å². The number of nitrogens with zero attached hydrogens (tertiary/aromatic N) is 1. The lowest BCUT2D eigenvalue weighted by atomic mass is 9.89. The van der Waals surface area contributed by atoms with Crippen LogP contribution in [0.1, 0.15) is 29.9 Å². The van der Waals surface area contributed by atoms with Gasteiger partial charge in [0.2, 0.25) is 0 Å². The Morgan fingerprint density at radius 1 is 1.29 bits per heavy atom. The molecule has 0 saturated carbocycles. The summed E-state index contributed by atoms with van der Waals surface area (Å²) in [4.78, 5) is 0. The molecular weight excluding hydrogens is 250 g/mol. The lowest BCUT2D eigenvalue weighted by molar-refractivity contribution is 0.336. The third kappa shape index (κ3) is 2.22. The summed E-state index contributed by atoms with van der Waals surface area (Å²) in [6, 6.07) is 6.96. The monoisotopic (exact) mass is 265 g/mol. The molecule has 3 rings (SSSR count). The molecule has 1 aliphatic heterocycles. The molecular formula is C14H16ClNS. The van der Waals surface area contributed by atoms with Gasteiger partial charge < -0.3 is 0 Å². The van der Waals surface area contributed by atoms with Crippen LogP contribution in [0.25, 0.3) is 10.1 Å². The minimum absolute atomic E-state index is 0.689. The van der Waals surface area contributed by atoms with Crippen molar-refractivity contribution in [2.24, 2.45) is 0 Å². The van der Waals surface area contributed by atoms with E-state index in [9.17, 15) is 0 Å². The van der Waals surface area contributed by atoms with Gasteiger partial charge in [0.1, 0.15) is 0 Å². The quantitative estimate of drug-likeness (QED) is 0.684. The maximum absolute atomic E-state index is 6.01. The smallest absolute Gasteiger partial charge is 0.0345 e. The standard InChI is InChI=1S/C14H16ClNS/c1-10-9-17-14-3-2-12(8-13(10)14)11-4-6-16(15)7-5-11/h2-3,8-9,11H,4-7H2,1H3. The molecule has 1 aromatic heterocycles. The highest BCUT2D eigenvalue weighted by Gasteiger charge is 2.19. The molecule has 0 aliphatic carbocycles. The molecule has 1 fully saturated rings.